The van der Waals surface area contributed by atoms with Crippen molar-refractivity contribution in [1.29, 1.82) is 0 Å². The maximum Gasteiger partial charge on any atom is 0.302 e. The molecule has 0 radical (unpaired) electrons. The summed E-state index contributed by atoms with van der Waals surface area (Å²) in [6.45, 7) is 3.85. The van der Waals surface area contributed by atoms with Crippen LogP contribution in [0.2, 0.25) is 0 Å². The van der Waals surface area contributed by atoms with Gasteiger partial charge in [0.25, 0.3) is 0 Å². The molecule has 0 amide bonds. The standard InChI is InChI=1S/C10H13BO2/c1-7-4-3-5-9(10(7)11)6-13-8(2)12/h3-5H,6,11H2,1-2H3. The first-order valence-electron chi connectivity index (χ1n) is 4.29. The van der Waals surface area contributed by atoms with Gasteiger partial charge in [0.05, 0.1) is 0 Å². The highest BCUT2D eigenvalue weighted by Gasteiger charge is 2.01. The Hall–Kier alpha value is -1.25. The van der Waals surface area contributed by atoms with Gasteiger partial charge in [0.15, 0.2) is 0 Å². The van der Waals surface area contributed by atoms with Gasteiger partial charge in [-0.05, 0) is 12.5 Å². The largest absolute Gasteiger partial charge is 0.461 e. The second-order valence-electron chi connectivity index (χ2n) is 3.14. The lowest BCUT2D eigenvalue weighted by molar-refractivity contribution is -0.142. The van der Waals surface area contributed by atoms with Crippen LogP contribution in [0.5, 0.6) is 0 Å². The summed E-state index contributed by atoms with van der Waals surface area (Å²) >= 11 is 0. The van der Waals surface area contributed by atoms with Gasteiger partial charge in [-0.25, -0.2) is 0 Å². The quantitative estimate of drug-likeness (QED) is 0.479. The van der Waals surface area contributed by atoms with Gasteiger partial charge in [-0.3, -0.25) is 4.79 Å². The van der Waals surface area contributed by atoms with E-state index in [-0.39, 0.29) is 5.97 Å². The van der Waals surface area contributed by atoms with Crippen molar-refractivity contribution in [3.8, 4) is 0 Å². The Bertz CT molecular complexity index is 321. The zero-order valence-electron chi connectivity index (χ0n) is 8.26. The van der Waals surface area contributed by atoms with Crippen molar-refractivity contribution in [3.63, 3.8) is 0 Å². The topological polar surface area (TPSA) is 26.3 Å². The monoisotopic (exact) mass is 176 g/mol. The van der Waals surface area contributed by atoms with Gasteiger partial charge in [0, 0.05) is 6.92 Å². The van der Waals surface area contributed by atoms with Crippen LogP contribution >= 0.6 is 0 Å². The number of carbonyl (C=O) groups is 1. The Morgan fingerprint density at radius 3 is 2.85 bits per heavy atom. The molecule has 0 bridgehead atoms. The summed E-state index contributed by atoms with van der Waals surface area (Å²) in [5, 5.41) is 0. The molecule has 0 aromatic heterocycles. The van der Waals surface area contributed by atoms with E-state index in [1.165, 1.54) is 17.9 Å². The maximum absolute atomic E-state index is 10.6. The summed E-state index contributed by atoms with van der Waals surface area (Å²) < 4.78 is 4.92. The van der Waals surface area contributed by atoms with Crippen molar-refractivity contribution < 1.29 is 9.53 Å². The Labute approximate surface area is 79.3 Å². The van der Waals surface area contributed by atoms with Gasteiger partial charge in [-0.15, -0.1) is 0 Å². The maximum atomic E-state index is 10.6. The molecule has 68 valence electrons. The minimum absolute atomic E-state index is 0.235. The lowest BCUT2D eigenvalue weighted by Gasteiger charge is -2.08. The van der Waals surface area contributed by atoms with Gasteiger partial charge in [0.2, 0.25) is 0 Å². The fourth-order valence-electron chi connectivity index (χ4n) is 1.15. The van der Waals surface area contributed by atoms with Gasteiger partial charge in [-0.2, -0.15) is 0 Å². The third kappa shape index (κ3) is 2.62. The second-order valence-corrected chi connectivity index (χ2v) is 3.14. The molecule has 3 heteroatoms. The van der Waals surface area contributed by atoms with Crippen LogP contribution in [0, 0.1) is 6.92 Å². The molecule has 2 nitrogen and oxygen atoms in total. The Kier molecular flexibility index (Phi) is 3.12. The fraction of sp³-hybridized carbons (Fsp3) is 0.300. The van der Waals surface area contributed by atoms with Crippen molar-refractivity contribution in [3.05, 3.63) is 29.3 Å². The summed E-state index contributed by atoms with van der Waals surface area (Å²) in [7, 11) is 2.04. The van der Waals surface area contributed by atoms with E-state index in [0.29, 0.717) is 6.61 Å². The van der Waals surface area contributed by atoms with Crippen molar-refractivity contribution in [2.45, 2.75) is 20.5 Å². The summed E-state index contributed by atoms with van der Waals surface area (Å²) in [4.78, 5) is 10.6. The van der Waals surface area contributed by atoms with Crippen LogP contribution in [0.4, 0.5) is 0 Å². The van der Waals surface area contributed by atoms with E-state index >= 15 is 0 Å². The van der Waals surface area contributed by atoms with E-state index in [2.05, 4.69) is 0 Å². The molecule has 1 aromatic carbocycles. The van der Waals surface area contributed by atoms with Crippen LogP contribution in [-0.4, -0.2) is 13.8 Å². The van der Waals surface area contributed by atoms with Gasteiger partial charge >= 0.3 is 5.97 Å². The zero-order valence-corrected chi connectivity index (χ0v) is 8.26. The Balaban J connectivity index is 2.77. The van der Waals surface area contributed by atoms with Crippen LogP contribution in [0.3, 0.4) is 0 Å². The molecule has 0 saturated heterocycles. The summed E-state index contributed by atoms with van der Waals surface area (Å²) in [6.07, 6.45) is 0. The molecule has 0 aliphatic rings. The lowest BCUT2D eigenvalue weighted by Crippen LogP contribution is -2.15. The number of hydrogen-bond donors (Lipinski definition) is 0. The summed E-state index contributed by atoms with van der Waals surface area (Å²) in [6, 6.07) is 6.00. The molecule has 1 rings (SSSR count). The Morgan fingerprint density at radius 2 is 2.23 bits per heavy atom. The van der Waals surface area contributed by atoms with Gasteiger partial charge in [0.1, 0.15) is 14.5 Å². The smallest absolute Gasteiger partial charge is 0.302 e. The first-order chi connectivity index (χ1) is 6.11. The van der Waals surface area contributed by atoms with E-state index in [0.717, 1.165) is 5.56 Å². The normalized spacial score (nSPS) is 9.69. The number of ether oxygens (including phenoxy) is 1. The molecule has 13 heavy (non-hydrogen) atoms. The lowest BCUT2D eigenvalue weighted by atomic mass is 9.87. The SMILES string of the molecule is Bc1c(C)cccc1COC(C)=O. The molecule has 0 N–H and O–H groups in total. The minimum Gasteiger partial charge on any atom is -0.461 e. The second kappa shape index (κ2) is 4.12. The van der Waals surface area contributed by atoms with Crippen molar-refractivity contribution in [1.82, 2.24) is 0 Å². The number of benzene rings is 1. The van der Waals surface area contributed by atoms with E-state index in [4.69, 9.17) is 4.74 Å². The van der Waals surface area contributed by atoms with E-state index < -0.39 is 0 Å². The fourth-order valence-corrected chi connectivity index (χ4v) is 1.15. The van der Waals surface area contributed by atoms with Crippen molar-refractivity contribution in [2.24, 2.45) is 0 Å². The molecule has 0 heterocycles. The average molecular weight is 176 g/mol. The molecule has 0 spiro atoms. The summed E-state index contributed by atoms with van der Waals surface area (Å²) in [5.74, 6) is -0.235. The predicted molar refractivity (Wildman–Crippen MR) is 54.8 cm³/mol. The highest BCUT2D eigenvalue weighted by atomic mass is 16.5. The molecular weight excluding hydrogens is 163 g/mol. The molecule has 0 atom stereocenters. The van der Waals surface area contributed by atoms with E-state index in [1.807, 2.05) is 33.0 Å². The van der Waals surface area contributed by atoms with E-state index in [9.17, 15) is 4.79 Å². The average Bonchev–Trinajstić information content (AvgIpc) is 2.07. The van der Waals surface area contributed by atoms with Crippen LogP contribution in [0.25, 0.3) is 0 Å². The number of carbonyl (C=O) groups excluding carboxylic acids is 1. The highest BCUT2D eigenvalue weighted by molar-refractivity contribution is 6.34. The highest BCUT2D eigenvalue weighted by Crippen LogP contribution is 2.01. The first kappa shape index (κ1) is 9.84. The number of aryl methyl sites for hydroxylation is 1. The van der Waals surface area contributed by atoms with Crippen molar-refractivity contribution in [2.75, 3.05) is 0 Å². The van der Waals surface area contributed by atoms with Crippen LogP contribution < -0.4 is 5.46 Å². The molecule has 0 fully saturated rings. The summed E-state index contributed by atoms with van der Waals surface area (Å²) in [5.41, 5.74) is 3.50. The van der Waals surface area contributed by atoms with E-state index in [1.54, 1.807) is 0 Å². The molecule has 0 unspecified atom stereocenters. The van der Waals surface area contributed by atoms with Gasteiger partial charge in [-0.1, -0.05) is 29.2 Å². The number of rotatable bonds is 2. The van der Waals surface area contributed by atoms with Crippen LogP contribution in [0.1, 0.15) is 18.1 Å². The molecule has 0 aliphatic heterocycles. The van der Waals surface area contributed by atoms with Crippen molar-refractivity contribution >= 4 is 19.3 Å². The number of hydrogen-bond acceptors (Lipinski definition) is 2. The molecule has 1 aromatic rings. The van der Waals surface area contributed by atoms with Crippen LogP contribution in [-0.2, 0) is 16.1 Å². The molecule has 0 saturated carbocycles. The predicted octanol–water partition coefficient (Wildman–Crippen LogP) is 0.317. The number of esters is 1. The van der Waals surface area contributed by atoms with Gasteiger partial charge < -0.3 is 4.74 Å². The van der Waals surface area contributed by atoms with Crippen LogP contribution in [0.15, 0.2) is 18.2 Å². The first-order valence-corrected chi connectivity index (χ1v) is 4.29. The Morgan fingerprint density at radius 1 is 1.54 bits per heavy atom. The molecular formula is C10H13BO2. The minimum atomic E-state index is -0.235. The third-order valence-electron chi connectivity index (χ3n) is 2.15. The zero-order chi connectivity index (χ0) is 9.84. The molecule has 0 aliphatic carbocycles. The third-order valence-corrected chi connectivity index (χ3v) is 2.15.